The molecule has 1 atom stereocenters. The van der Waals surface area contributed by atoms with Gasteiger partial charge in [0.1, 0.15) is 11.8 Å². The van der Waals surface area contributed by atoms with Crippen LogP contribution in [0.3, 0.4) is 0 Å². The van der Waals surface area contributed by atoms with Gasteiger partial charge in [0.25, 0.3) is 11.8 Å². The first-order valence-electron chi connectivity index (χ1n) is 13.0. The Morgan fingerprint density at radius 3 is 2.46 bits per heavy atom. The fourth-order valence-electron chi connectivity index (χ4n) is 4.42. The Labute approximate surface area is 238 Å². The van der Waals surface area contributed by atoms with Gasteiger partial charge in [-0.15, -0.1) is 0 Å². The van der Waals surface area contributed by atoms with Gasteiger partial charge in [-0.25, -0.2) is 0 Å². The molecular formula is C30H31Cl2N3O4. The van der Waals surface area contributed by atoms with Crippen LogP contribution >= 0.6 is 23.2 Å². The van der Waals surface area contributed by atoms with Crippen LogP contribution in [0.5, 0.6) is 5.75 Å². The highest BCUT2D eigenvalue weighted by molar-refractivity contribution is 6.31. The lowest BCUT2D eigenvalue weighted by Gasteiger charge is -2.24. The number of nitrogens with zero attached hydrogens (tertiary/aromatic N) is 1. The molecule has 0 spiro atoms. The van der Waals surface area contributed by atoms with Crippen LogP contribution in [0.1, 0.15) is 45.5 Å². The van der Waals surface area contributed by atoms with E-state index in [2.05, 4.69) is 10.6 Å². The molecule has 3 amide bonds. The van der Waals surface area contributed by atoms with Crippen LogP contribution in [-0.4, -0.2) is 54.9 Å². The molecule has 4 rings (SSSR count). The number of carbonyl (C=O) groups excluding carboxylic acids is 3. The van der Waals surface area contributed by atoms with Crippen molar-refractivity contribution in [2.24, 2.45) is 0 Å². The minimum atomic E-state index is -0.791. The van der Waals surface area contributed by atoms with E-state index in [0.717, 1.165) is 5.56 Å². The third-order valence-corrected chi connectivity index (χ3v) is 6.90. The van der Waals surface area contributed by atoms with Crippen molar-refractivity contribution < 1.29 is 19.1 Å². The molecule has 0 saturated carbocycles. The van der Waals surface area contributed by atoms with Gasteiger partial charge in [-0.3, -0.25) is 14.4 Å². The van der Waals surface area contributed by atoms with Gasteiger partial charge in [-0.1, -0.05) is 59.6 Å². The third-order valence-electron chi connectivity index (χ3n) is 6.43. The molecule has 0 unspecified atom stereocenters. The summed E-state index contributed by atoms with van der Waals surface area (Å²) >= 11 is 12.3. The maximum absolute atomic E-state index is 13.3. The molecule has 7 nitrogen and oxygen atoms in total. The maximum atomic E-state index is 13.3. The normalized spacial score (nSPS) is 17.4. The summed E-state index contributed by atoms with van der Waals surface area (Å²) in [4.78, 5) is 41.5. The summed E-state index contributed by atoms with van der Waals surface area (Å²) < 4.78 is 5.97. The van der Waals surface area contributed by atoms with Crippen molar-refractivity contribution in [1.82, 2.24) is 15.5 Å². The van der Waals surface area contributed by atoms with Crippen LogP contribution in [0.2, 0.25) is 10.0 Å². The number of hydrogen-bond donors (Lipinski definition) is 2. The maximum Gasteiger partial charge on any atom is 0.255 e. The fraction of sp³-hybridized carbons (Fsp3) is 0.300. The molecule has 0 radical (unpaired) electrons. The average molecular weight is 569 g/mol. The summed E-state index contributed by atoms with van der Waals surface area (Å²) in [6, 6.07) is 20.4. The van der Waals surface area contributed by atoms with E-state index < -0.39 is 11.9 Å². The molecule has 2 N–H and O–H groups in total. The Hall–Kier alpha value is -3.55. The standard InChI is InChI=1S/C30H31Cl2N3O4/c31-23-11-6-10-22(19-23)30(38)35-15-5-4-14-33-29(37)26(18-21-8-2-1-3-9-21)34-28(36)25-20-24(32)12-13-27(25)39-17-7-16-35/h1-3,6,8-13,19-20,26H,4-5,7,14-18H2,(H,33,37)(H,34,36)/t26-/m0/s1. The zero-order valence-electron chi connectivity index (χ0n) is 21.5. The van der Waals surface area contributed by atoms with E-state index in [1.165, 1.54) is 6.07 Å². The summed E-state index contributed by atoms with van der Waals surface area (Å²) in [7, 11) is 0. The third kappa shape index (κ3) is 8.22. The SMILES string of the molecule is O=C1N[C@@H](Cc2ccccc2)C(=O)NCCCCN(C(=O)c2cccc(Cl)c2)CCCOc2ccc(Cl)cc21. The lowest BCUT2D eigenvalue weighted by atomic mass is 10.0. The van der Waals surface area contributed by atoms with E-state index >= 15 is 0 Å². The number of halogens is 2. The molecule has 1 aliphatic heterocycles. The lowest BCUT2D eigenvalue weighted by molar-refractivity contribution is -0.122. The number of nitrogens with one attached hydrogen (secondary N) is 2. The van der Waals surface area contributed by atoms with Crippen LogP contribution in [0.25, 0.3) is 0 Å². The molecular weight excluding hydrogens is 537 g/mol. The lowest BCUT2D eigenvalue weighted by Crippen LogP contribution is -2.48. The smallest absolute Gasteiger partial charge is 0.255 e. The van der Waals surface area contributed by atoms with Gasteiger partial charge in [0.15, 0.2) is 0 Å². The van der Waals surface area contributed by atoms with Crippen molar-refractivity contribution in [2.45, 2.75) is 31.7 Å². The highest BCUT2D eigenvalue weighted by Crippen LogP contribution is 2.24. The summed E-state index contributed by atoms with van der Waals surface area (Å²) in [5.41, 5.74) is 1.68. The quantitative estimate of drug-likeness (QED) is 0.457. The minimum Gasteiger partial charge on any atom is -0.493 e. The van der Waals surface area contributed by atoms with Crippen molar-refractivity contribution in [3.05, 3.63) is 99.5 Å². The molecule has 1 heterocycles. The van der Waals surface area contributed by atoms with E-state index in [4.69, 9.17) is 27.9 Å². The highest BCUT2D eigenvalue weighted by atomic mass is 35.5. The largest absolute Gasteiger partial charge is 0.493 e. The van der Waals surface area contributed by atoms with E-state index in [-0.39, 0.29) is 24.0 Å². The molecule has 204 valence electrons. The average Bonchev–Trinajstić information content (AvgIpc) is 2.93. The Morgan fingerprint density at radius 2 is 1.67 bits per heavy atom. The predicted molar refractivity (Wildman–Crippen MR) is 153 cm³/mol. The van der Waals surface area contributed by atoms with Crippen molar-refractivity contribution in [3.63, 3.8) is 0 Å². The monoisotopic (exact) mass is 567 g/mol. The summed E-state index contributed by atoms with van der Waals surface area (Å²) in [5.74, 6) is -0.489. The van der Waals surface area contributed by atoms with Crippen molar-refractivity contribution >= 4 is 40.9 Å². The Morgan fingerprint density at radius 1 is 0.897 bits per heavy atom. The molecule has 39 heavy (non-hydrogen) atoms. The van der Waals surface area contributed by atoms with Crippen LogP contribution in [0.15, 0.2) is 72.8 Å². The Balaban J connectivity index is 1.55. The molecule has 0 saturated heterocycles. The summed E-state index contributed by atoms with van der Waals surface area (Å²) in [5, 5.41) is 6.69. The van der Waals surface area contributed by atoms with Crippen LogP contribution < -0.4 is 15.4 Å². The first-order valence-corrected chi connectivity index (χ1v) is 13.8. The minimum absolute atomic E-state index is 0.114. The van der Waals surface area contributed by atoms with Crippen LogP contribution in [-0.2, 0) is 11.2 Å². The second-order valence-electron chi connectivity index (χ2n) is 9.36. The number of hydrogen-bond acceptors (Lipinski definition) is 4. The topological polar surface area (TPSA) is 87.7 Å². The molecule has 0 aromatic heterocycles. The molecule has 1 aliphatic rings. The Bertz CT molecular complexity index is 1300. The van der Waals surface area contributed by atoms with Crippen LogP contribution in [0, 0.1) is 0 Å². The number of ether oxygens (including phenoxy) is 1. The first-order chi connectivity index (χ1) is 18.9. The second-order valence-corrected chi connectivity index (χ2v) is 10.2. The number of carbonyl (C=O) groups is 3. The molecule has 3 aromatic rings. The summed E-state index contributed by atoms with van der Waals surface area (Å²) in [6.45, 7) is 1.70. The van der Waals surface area contributed by atoms with E-state index in [1.807, 2.05) is 30.3 Å². The van der Waals surface area contributed by atoms with Crippen molar-refractivity contribution in [3.8, 4) is 5.75 Å². The number of rotatable bonds is 3. The van der Waals surface area contributed by atoms with Crippen molar-refractivity contribution in [1.29, 1.82) is 0 Å². The number of fused-ring (bicyclic) bond motifs is 1. The predicted octanol–water partition coefficient (Wildman–Crippen LogP) is 5.16. The van der Waals surface area contributed by atoms with Gasteiger partial charge in [0, 0.05) is 41.7 Å². The molecule has 0 fully saturated rings. The number of benzene rings is 3. The zero-order chi connectivity index (χ0) is 27.6. The van der Waals surface area contributed by atoms with Gasteiger partial charge in [0.2, 0.25) is 5.91 Å². The summed E-state index contributed by atoms with van der Waals surface area (Å²) in [6.07, 6.45) is 2.26. The van der Waals surface area contributed by atoms with Crippen molar-refractivity contribution in [2.75, 3.05) is 26.2 Å². The molecule has 0 aliphatic carbocycles. The van der Waals surface area contributed by atoms with Crippen LogP contribution in [0.4, 0.5) is 0 Å². The molecule has 3 aromatic carbocycles. The van der Waals surface area contributed by atoms with E-state index in [0.29, 0.717) is 66.7 Å². The van der Waals surface area contributed by atoms with Gasteiger partial charge < -0.3 is 20.3 Å². The number of amides is 3. The second kappa shape index (κ2) is 14.0. The van der Waals surface area contributed by atoms with Gasteiger partial charge in [-0.05, 0) is 61.2 Å². The van der Waals surface area contributed by atoms with Gasteiger partial charge >= 0.3 is 0 Å². The van der Waals surface area contributed by atoms with E-state index in [9.17, 15) is 14.4 Å². The fourth-order valence-corrected chi connectivity index (χ4v) is 4.78. The van der Waals surface area contributed by atoms with Gasteiger partial charge in [-0.2, -0.15) is 0 Å². The first kappa shape index (κ1) is 28.5. The highest BCUT2D eigenvalue weighted by Gasteiger charge is 2.24. The van der Waals surface area contributed by atoms with E-state index in [1.54, 1.807) is 41.3 Å². The zero-order valence-corrected chi connectivity index (χ0v) is 23.0. The van der Waals surface area contributed by atoms with Gasteiger partial charge in [0.05, 0.1) is 12.2 Å². The molecule has 0 bridgehead atoms. The molecule has 9 heteroatoms. The Kier molecular flexibility index (Phi) is 10.2.